The van der Waals surface area contributed by atoms with Crippen molar-refractivity contribution in [3.63, 3.8) is 0 Å². The topological polar surface area (TPSA) is 88.9 Å². The fraction of sp³-hybridized carbons (Fsp3) is 0.529. The highest BCUT2D eigenvalue weighted by atomic mass is 32.1. The van der Waals surface area contributed by atoms with Crippen molar-refractivity contribution in [1.29, 1.82) is 0 Å². The number of amides is 2. The van der Waals surface area contributed by atoms with Crippen molar-refractivity contribution in [2.75, 3.05) is 0 Å². The van der Waals surface area contributed by atoms with Crippen molar-refractivity contribution in [2.45, 2.75) is 58.2 Å². The molecule has 2 aromatic heterocycles. The number of carbonyl (C=O) groups excluding carboxylic acids is 2. The van der Waals surface area contributed by atoms with Crippen LogP contribution in [0.2, 0.25) is 0 Å². The van der Waals surface area contributed by atoms with Crippen molar-refractivity contribution in [3.8, 4) is 0 Å². The SMILES string of the molecule is CC(=O)N[C@@H](CC(=O)NCc1nnc2n1CCCCC2)c1cccs1. The molecule has 0 spiro atoms. The van der Waals surface area contributed by atoms with Gasteiger partial charge in [0.1, 0.15) is 5.82 Å². The second-order valence-electron chi connectivity index (χ2n) is 6.24. The number of hydrogen-bond donors (Lipinski definition) is 2. The molecule has 2 amide bonds. The van der Waals surface area contributed by atoms with Gasteiger partial charge in [-0.2, -0.15) is 0 Å². The molecule has 0 saturated heterocycles. The zero-order valence-electron chi connectivity index (χ0n) is 14.3. The van der Waals surface area contributed by atoms with Crippen molar-refractivity contribution >= 4 is 23.2 Å². The number of nitrogens with one attached hydrogen (secondary N) is 2. The molecule has 2 aromatic rings. The second-order valence-corrected chi connectivity index (χ2v) is 7.22. The van der Waals surface area contributed by atoms with Crippen LogP contribution in [0.3, 0.4) is 0 Å². The summed E-state index contributed by atoms with van der Waals surface area (Å²) in [5.41, 5.74) is 0. The number of thiophene rings is 1. The molecule has 1 aliphatic heterocycles. The molecular weight excluding hydrogens is 338 g/mol. The summed E-state index contributed by atoms with van der Waals surface area (Å²) in [6, 6.07) is 3.54. The number of rotatable bonds is 6. The first-order valence-corrected chi connectivity index (χ1v) is 9.49. The van der Waals surface area contributed by atoms with Crippen molar-refractivity contribution in [1.82, 2.24) is 25.4 Å². The second kappa shape index (κ2) is 8.24. The largest absolute Gasteiger partial charge is 0.349 e. The smallest absolute Gasteiger partial charge is 0.222 e. The Morgan fingerprint density at radius 1 is 1.32 bits per heavy atom. The maximum atomic E-state index is 12.3. The average Bonchev–Trinajstić information content (AvgIpc) is 3.17. The fourth-order valence-electron chi connectivity index (χ4n) is 3.07. The first-order valence-electron chi connectivity index (χ1n) is 8.61. The van der Waals surface area contributed by atoms with Crippen LogP contribution < -0.4 is 10.6 Å². The number of nitrogens with zero attached hydrogens (tertiary/aromatic N) is 3. The maximum absolute atomic E-state index is 12.3. The van der Waals surface area contributed by atoms with Crippen LogP contribution >= 0.6 is 11.3 Å². The molecule has 0 unspecified atom stereocenters. The molecule has 25 heavy (non-hydrogen) atoms. The highest BCUT2D eigenvalue weighted by molar-refractivity contribution is 7.10. The molecule has 0 radical (unpaired) electrons. The van der Waals surface area contributed by atoms with E-state index in [4.69, 9.17) is 0 Å². The number of carbonyl (C=O) groups is 2. The van der Waals surface area contributed by atoms with Gasteiger partial charge in [0.05, 0.1) is 19.0 Å². The molecule has 3 rings (SSSR count). The highest BCUT2D eigenvalue weighted by Gasteiger charge is 2.19. The van der Waals surface area contributed by atoms with Crippen LogP contribution in [0.15, 0.2) is 17.5 Å². The predicted octanol–water partition coefficient (Wildman–Crippen LogP) is 1.95. The van der Waals surface area contributed by atoms with Gasteiger partial charge in [-0.3, -0.25) is 9.59 Å². The Kier molecular flexibility index (Phi) is 5.80. The number of aryl methyl sites for hydroxylation is 1. The number of aromatic nitrogens is 3. The van der Waals surface area contributed by atoms with Crippen LogP contribution in [0.5, 0.6) is 0 Å². The third-order valence-electron chi connectivity index (χ3n) is 4.28. The van der Waals surface area contributed by atoms with Gasteiger partial charge in [0.25, 0.3) is 0 Å². The first-order chi connectivity index (χ1) is 12.1. The van der Waals surface area contributed by atoms with Crippen LogP contribution in [-0.2, 0) is 29.1 Å². The Morgan fingerprint density at radius 2 is 2.20 bits per heavy atom. The van der Waals surface area contributed by atoms with E-state index < -0.39 is 0 Å². The Balaban J connectivity index is 1.58. The molecule has 0 bridgehead atoms. The molecule has 2 N–H and O–H groups in total. The lowest BCUT2D eigenvalue weighted by atomic mass is 10.1. The lowest BCUT2D eigenvalue weighted by molar-refractivity contribution is -0.122. The van der Waals surface area contributed by atoms with Gasteiger partial charge in [-0.05, 0) is 24.3 Å². The monoisotopic (exact) mass is 361 g/mol. The summed E-state index contributed by atoms with van der Waals surface area (Å²) in [6.45, 7) is 2.74. The molecule has 0 aliphatic carbocycles. The molecule has 3 heterocycles. The molecule has 8 heteroatoms. The van der Waals surface area contributed by atoms with Gasteiger partial charge in [-0.15, -0.1) is 21.5 Å². The van der Waals surface area contributed by atoms with Gasteiger partial charge in [0, 0.05) is 24.8 Å². The normalized spacial score (nSPS) is 15.1. The zero-order valence-corrected chi connectivity index (χ0v) is 15.1. The zero-order chi connectivity index (χ0) is 17.6. The highest BCUT2D eigenvalue weighted by Crippen LogP contribution is 2.22. The minimum atomic E-state index is -0.298. The van der Waals surface area contributed by atoms with Gasteiger partial charge >= 0.3 is 0 Å². The van der Waals surface area contributed by atoms with E-state index in [0.717, 1.165) is 42.3 Å². The standard InChI is InChI=1S/C17H23N5O2S/c1-12(23)19-13(14-6-5-9-25-14)10-17(24)18-11-16-21-20-15-7-3-2-4-8-22(15)16/h5-6,9,13H,2-4,7-8,10-11H2,1H3,(H,18,24)(H,19,23)/t13-/m0/s1. The van der Waals surface area contributed by atoms with E-state index in [9.17, 15) is 9.59 Å². The van der Waals surface area contributed by atoms with Gasteiger partial charge in [0.2, 0.25) is 11.8 Å². The quantitative estimate of drug-likeness (QED) is 0.823. The Morgan fingerprint density at radius 3 is 2.96 bits per heavy atom. The minimum Gasteiger partial charge on any atom is -0.349 e. The van der Waals surface area contributed by atoms with E-state index in [1.165, 1.54) is 24.7 Å². The molecule has 7 nitrogen and oxygen atoms in total. The summed E-state index contributed by atoms with van der Waals surface area (Å²) in [7, 11) is 0. The molecule has 0 saturated carbocycles. The Labute approximate surface area is 150 Å². The minimum absolute atomic E-state index is 0.113. The third kappa shape index (κ3) is 4.66. The van der Waals surface area contributed by atoms with Gasteiger partial charge in [-0.1, -0.05) is 12.5 Å². The summed E-state index contributed by atoms with van der Waals surface area (Å²) >= 11 is 1.53. The van der Waals surface area contributed by atoms with E-state index in [-0.39, 0.29) is 24.3 Å². The van der Waals surface area contributed by atoms with Crippen molar-refractivity contribution < 1.29 is 9.59 Å². The van der Waals surface area contributed by atoms with Crippen molar-refractivity contribution in [2.24, 2.45) is 0 Å². The summed E-state index contributed by atoms with van der Waals surface area (Å²) in [6.07, 6.45) is 4.62. The average molecular weight is 361 g/mol. The van der Waals surface area contributed by atoms with E-state index in [0.29, 0.717) is 6.54 Å². The molecule has 0 aromatic carbocycles. The van der Waals surface area contributed by atoms with Gasteiger partial charge in [-0.25, -0.2) is 0 Å². The molecule has 0 fully saturated rings. The predicted molar refractivity (Wildman–Crippen MR) is 94.9 cm³/mol. The van der Waals surface area contributed by atoms with Gasteiger partial charge < -0.3 is 15.2 Å². The number of hydrogen-bond acceptors (Lipinski definition) is 5. The Hall–Kier alpha value is -2.22. The van der Waals surface area contributed by atoms with Crippen LogP contribution in [-0.4, -0.2) is 26.6 Å². The summed E-state index contributed by atoms with van der Waals surface area (Å²) in [5.74, 6) is 1.56. The molecule has 134 valence electrons. The van der Waals surface area contributed by atoms with Crippen LogP contribution in [0.4, 0.5) is 0 Å². The Bertz CT molecular complexity index is 725. The van der Waals surface area contributed by atoms with Crippen LogP contribution in [0.25, 0.3) is 0 Å². The molecule has 1 aliphatic rings. The molecule has 1 atom stereocenters. The van der Waals surface area contributed by atoms with Crippen molar-refractivity contribution in [3.05, 3.63) is 34.0 Å². The molecular formula is C17H23N5O2S. The summed E-state index contributed by atoms with van der Waals surface area (Å²) in [4.78, 5) is 24.7. The van der Waals surface area contributed by atoms with Crippen LogP contribution in [0.1, 0.15) is 55.2 Å². The van der Waals surface area contributed by atoms with E-state index in [2.05, 4.69) is 25.4 Å². The maximum Gasteiger partial charge on any atom is 0.222 e. The van der Waals surface area contributed by atoms with E-state index >= 15 is 0 Å². The van der Waals surface area contributed by atoms with E-state index in [1.807, 2.05) is 17.5 Å². The summed E-state index contributed by atoms with van der Waals surface area (Å²) in [5, 5.41) is 16.2. The lowest BCUT2D eigenvalue weighted by Gasteiger charge is -2.16. The van der Waals surface area contributed by atoms with Crippen LogP contribution in [0, 0.1) is 0 Å². The fourth-order valence-corrected chi connectivity index (χ4v) is 3.85. The third-order valence-corrected chi connectivity index (χ3v) is 5.27. The first kappa shape index (κ1) is 17.6. The lowest BCUT2D eigenvalue weighted by Crippen LogP contribution is -2.32. The van der Waals surface area contributed by atoms with Gasteiger partial charge in [0.15, 0.2) is 5.82 Å². The number of fused-ring (bicyclic) bond motifs is 1. The summed E-state index contributed by atoms with van der Waals surface area (Å²) < 4.78 is 2.12. The van der Waals surface area contributed by atoms with E-state index in [1.54, 1.807) is 0 Å².